The fourth-order valence-electron chi connectivity index (χ4n) is 2.95. The van der Waals surface area contributed by atoms with Crippen molar-refractivity contribution in [2.24, 2.45) is 18.0 Å². The van der Waals surface area contributed by atoms with Crippen molar-refractivity contribution in [3.05, 3.63) is 35.4 Å². The number of ether oxygens (including phenoxy) is 1. The third kappa shape index (κ3) is 3.36. The third-order valence-corrected chi connectivity index (χ3v) is 4.79. The van der Waals surface area contributed by atoms with E-state index < -0.39 is 5.92 Å². The second-order valence-corrected chi connectivity index (χ2v) is 6.66. The molecule has 0 fully saturated rings. The van der Waals surface area contributed by atoms with Crippen molar-refractivity contribution in [2.45, 2.75) is 13.3 Å². The van der Waals surface area contributed by atoms with Crippen LogP contribution in [0.25, 0.3) is 16.5 Å². The maximum atomic E-state index is 12.0. The van der Waals surface area contributed by atoms with E-state index in [4.69, 9.17) is 16.3 Å². The van der Waals surface area contributed by atoms with Crippen LogP contribution < -0.4 is 5.32 Å². The number of aromatic amines is 1. The van der Waals surface area contributed by atoms with Gasteiger partial charge in [0.25, 0.3) is 0 Å². The number of anilines is 2. The van der Waals surface area contributed by atoms with Gasteiger partial charge in [0, 0.05) is 30.4 Å². The number of hydrogen-bond acceptors (Lipinski definition) is 7. The molecular weight excluding hydrogens is 382 g/mol. The number of carbonyl (C=O) groups excluding carboxylic acids is 1. The second-order valence-electron chi connectivity index (χ2n) is 6.28. The first-order chi connectivity index (χ1) is 13.6. The van der Waals surface area contributed by atoms with E-state index in [1.54, 1.807) is 37.3 Å². The molecule has 2 N–H and O–H groups in total. The first-order valence-corrected chi connectivity index (χ1v) is 9.13. The van der Waals surface area contributed by atoms with Crippen LogP contribution >= 0.6 is 11.6 Å². The van der Waals surface area contributed by atoms with Crippen LogP contribution in [-0.2, 0) is 16.6 Å². The van der Waals surface area contributed by atoms with Gasteiger partial charge in [0.1, 0.15) is 0 Å². The topological polar surface area (TPSA) is 110 Å². The summed E-state index contributed by atoms with van der Waals surface area (Å²) in [5, 5.41) is 15.9. The fourth-order valence-corrected chi connectivity index (χ4v) is 3.21. The number of nitrogens with one attached hydrogen (secondary N) is 2. The fraction of sp³-hybridized carbons (Fsp3) is 0.278. The van der Waals surface area contributed by atoms with Gasteiger partial charge in [0.05, 0.1) is 34.9 Å². The summed E-state index contributed by atoms with van der Waals surface area (Å²) in [6.07, 6.45) is 5.36. The lowest BCUT2D eigenvalue weighted by atomic mass is 9.99. The molecule has 0 bridgehead atoms. The lowest BCUT2D eigenvalue weighted by molar-refractivity contribution is -0.145. The van der Waals surface area contributed by atoms with Gasteiger partial charge in [0.15, 0.2) is 5.82 Å². The summed E-state index contributed by atoms with van der Waals surface area (Å²) in [5.74, 6) is 0.281. The van der Waals surface area contributed by atoms with Gasteiger partial charge in [-0.3, -0.25) is 14.9 Å². The second kappa shape index (κ2) is 7.43. The van der Waals surface area contributed by atoms with Crippen LogP contribution in [0.15, 0.2) is 29.5 Å². The monoisotopic (exact) mass is 399 g/mol. The molecule has 1 atom stereocenters. The Hall–Kier alpha value is -3.20. The maximum absolute atomic E-state index is 12.0. The van der Waals surface area contributed by atoms with Crippen LogP contribution in [0.4, 0.5) is 11.6 Å². The normalized spacial score (nSPS) is 16.2. The van der Waals surface area contributed by atoms with Gasteiger partial charge < -0.3 is 10.1 Å². The number of H-pyrrole nitrogens is 1. The summed E-state index contributed by atoms with van der Waals surface area (Å²) in [6, 6.07) is 3.73. The molecule has 1 aliphatic heterocycles. The Balaban J connectivity index is 1.57. The number of nitrogens with zero attached hydrogens (tertiary/aromatic N) is 5. The molecular formula is C18H18ClN7O2. The number of aliphatic imine (C=N–C) groups is 1. The molecule has 0 saturated heterocycles. The quantitative estimate of drug-likeness (QED) is 0.638. The van der Waals surface area contributed by atoms with E-state index in [9.17, 15) is 4.79 Å². The first kappa shape index (κ1) is 18.2. The molecule has 10 heteroatoms. The summed E-state index contributed by atoms with van der Waals surface area (Å²) in [6.45, 7) is 2.11. The van der Waals surface area contributed by atoms with Crippen molar-refractivity contribution in [2.75, 3.05) is 11.9 Å². The van der Waals surface area contributed by atoms with E-state index in [1.807, 2.05) is 12.1 Å². The van der Waals surface area contributed by atoms with Gasteiger partial charge in [-0.1, -0.05) is 11.6 Å². The summed E-state index contributed by atoms with van der Waals surface area (Å²) >= 11 is 6.46. The number of hydrogen-bond donors (Lipinski definition) is 2. The molecule has 0 spiro atoms. The molecule has 0 saturated carbocycles. The summed E-state index contributed by atoms with van der Waals surface area (Å²) in [7, 11) is 1.78. The predicted molar refractivity (Wildman–Crippen MR) is 107 cm³/mol. The molecule has 1 unspecified atom stereocenters. The molecule has 144 valence electrons. The van der Waals surface area contributed by atoms with Gasteiger partial charge in [-0.15, -0.1) is 5.10 Å². The van der Waals surface area contributed by atoms with Crippen molar-refractivity contribution in [1.82, 2.24) is 25.0 Å². The lowest BCUT2D eigenvalue weighted by Crippen LogP contribution is -2.21. The zero-order chi connectivity index (χ0) is 19.7. The molecule has 4 rings (SSSR count). The van der Waals surface area contributed by atoms with Crippen molar-refractivity contribution in [3.63, 3.8) is 0 Å². The van der Waals surface area contributed by atoms with Crippen LogP contribution in [0.3, 0.4) is 0 Å². The molecule has 3 heterocycles. The average molecular weight is 400 g/mol. The minimum absolute atomic E-state index is 0.300. The van der Waals surface area contributed by atoms with Crippen LogP contribution in [0, 0.1) is 5.92 Å². The number of rotatable bonds is 5. The number of carbonyl (C=O) groups is 1. The Bertz CT molecular complexity index is 1100. The van der Waals surface area contributed by atoms with Gasteiger partial charge in [-0.2, -0.15) is 10.1 Å². The van der Waals surface area contributed by atoms with E-state index in [-0.39, 0.29) is 5.97 Å². The Kier molecular flexibility index (Phi) is 4.82. The van der Waals surface area contributed by atoms with E-state index in [0.717, 1.165) is 16.5 Å². The number of fused-ring (bicyclic) bond motifs is 1. The number of aryl methyl sites for hydroxylation is 1. The molecule has 0 aliphatic carbocycles. The summed E-state index contributed by atoms with van der Waals surface area (Å²) in [4.78, 5) is 20.7. The lowest BCUT2D eigenvalue weighted by Gasteiger charge is -2.14. The van der Waals surface area contributed by atoms with E-state index in [0.29, 0.717) is 35.5 Å². The molecule has 28 heavy (non-hydrogen) atoms. The zero-order valence-corrected chi connectivity index (χ0v) is 16.1. The summed E-state index contributed by atoms with van der Waals surface area (Å²) in [5.41, 5.74) is 2.31. The number of halogens is 1. The van der Waals surface area contributed by atoms with Crippen molar-refractivity contribution >= 4 is 51.9 Å². The largest absolute Gasteiger partial charge is 0.465 e. The van der Waals surface area contributed by atoms with Gasteiger partial charge in [-0.25, -0.2) is 4.68 Å². The highest BCUT2D eigenvalue weighted by Gasteiger charge is 2.24. The molecule has 0 radical (unpaired) electrons. The Labute approximate surface area is 165 Å². The molecule has 9 nitrogen and oxygen atoms in total. The van der Waals surface area contributed by atoms with Crippen LogP contribution in [0.5, 0.6) is 0 Å². The Morgan fingerprint density at radius 3 is 3.14 bits per heavy atom. The van der Waals surface area contributed by atoms with Crippen LogP contribution in [-0.4, -0.2) is 43.8 Å². The SMILES string of the molecule is CCOC(=O)C1C=NC=C(c2nc(Nc3ccc4[nH]ncc4c3Cl)n(C)n2)C1. The molecule has 0 amide bonds. The Morgan fingerprint density at radius 1 is 1.46 bits per heavy atom. The van der Waals surface area contributed by atoms with Gasteiger partial charge in [0.2, 0.25) is 5.95 Å². The highest BCUT2D eigenvalue weighted by atomic mass is 35.5. The Morgan fingerprint density at radius 2 is 2.32 bits per heavy atom. The maximum Gasteiger partial charge on any atom is 0.314 e. The van der Waals surface area contributed by atoms with E-state index in [2.05, 4.69) is 30.6 Å². The minimum atomic E-state index is -0.432. The van der Waals surface area contributed by atoms with Crippen molar-refractivity contribution < 1.29 is 9.53 Å². The number of esters is 1. The van der Waals surface area contributed by atoms with E-state index in [1.165, 1.54) is 0 Å². The third-order valence-electron chi connectivity index (χ3n) is 4.38. The van der Waals surface area contributed by atoms with Crippen LogP contribution in [0.2, 0.25) is 5.02 Å². The molecule has 1 aromatic carbocycles. The van der Waals surface area contributed by atoms with Crippen LogP contribution in [0.1, 0.15) is 19.2 Å². The number of aromatic nitrogens is 5. The standard InChI is InChI=1S/C18H18ClN7O2/c1-3-28-17(27)11-6-10(7-20-8-11)16-23-18(26(2)25-16)22-14-5-4-13-12(15(14)19)9-21-24-13/h4-5,7-9,11H,3,6H2,1-2H3,(H,21,24)(H,22,23,25). The predicted octanol–water partition coefficient (Wildman–Crippen LogP) is 3.08. The minimum Gasteiger partial charge on any atom is -0.465 e. The molecule has 1 aliphatic rings. The van der Waals surface area contributed by atoms with E-state index >= 15 is 0 Å². The average Bonchev–Trinajstić information content (AvgIpc) is 3.32. The van der Waals surface area contributed by atoms with Gasteiger partial charge >= 0.3 is 5.97 Å². The summed E-state index contributed by atoms with van der Waals surface area (Å²) < 4.78 is 6.69. The highest BCUT2D eigenvalue weighted by Crippen LogP contribution is 2.32. The first-order valence-electron chi connectivity index (χ1n) is 8.75. The zero-order valence-electron chi connectivity index (χ0n) is 15.3. The smallest absolute Gasteiger partial charge is 0.314 e. The van der Waals surface area contributed by atoms with Gasteiger partial charge in [-0.05, 0) is 25.5 Å². The van der Waals surface area contributed by atoms with Crippen molar-refractivity contribution in [3.8, 4) is 0 Å². The number of allylic oxidation sites excluding steroid dienone is 1. The van der Waals surface area contributed by atoms with Crippen molar-refractivity contribution in [1.29, 1.82) is 0 Å². The highest BCUT2D eigenvalue weighted by molar-refractivity contribution is 6.38. The molecule has 3 aromatic rings. The number of benzene rings is 1. The molecule has 2 aromatic heterocycles.